The summed E-state index contributed by atoms with van der Waals surface area (Å²) in [6, 6.07) is 4.85. The van der Waals surface area contributed by atoms with Crippen molar-refractivity contribution in [2.45, 2.75) is 18.9 Å². The Morgan fingerprint density at radius 1 is 1.50 bits per heavy atom. The molecule has 20 heavy (non-hydrogen) atoms. The first-order chi connectivity index (χ1) is 9.72. The fourth-order valence-electron chi connectivity index (χ4n) is 2.57. The Kier molecular flexibility index (Phi) is 6.23. The van der Waals surface area contributed by atoms with Gasteiger partial charge in [-0.25, -0.2) is 4.39 Å². The molecule has 0 aromatic heterocycles. The van der Waals surface area contributed by atoms with Crippen LogP contribution in [-0.4, -0.2) is 33.4 Å². The molecule has 2 atom stereocenters. The first-order valence-electron chi connectivity index (χ1n) is 6.98. The molecule has 1 aromatic carbocycles. The molecule has 1 fully saturated rings. The highest BCUT2D eigenvalue weighted by Gasteiger charge is 2.27. The number of halogens is 2. The molecule has 1 saturated heterocycles. The van der Waals surface area contributed by atoms with Crippen molar-refractivity contribution in [3.8, 4) is 0 Å². The van der Waals surface area contributed by atoms with E-state index in [0.29, 0.717) is 12.5 Å². The molecule has 1 heterocycles. The molecule has 0 spiro atoms. The molecular formula is C15H21ClFNO2. The fourth-order valence-corrected chi connectivity index (χ4v) is 2.76. The summed E-state index contributed by atoms with van der Waals surface area (Å²) in [7, 11) is 1.69. The van der Waals surface area contributed by atoms with Gasteiger partial charge < -0.3 is 14.8 Å². The molecule has 5 heteroatoms. The maximum atomic E-state index is 13.3. The van der Waals surface area contributed by atoms with Crippen LogP contribution in [0.4, 0.5) is 4.39 Å². The summed E-state index contributed by atoms with van der Waals surface area (Å²) in [4.78, 5) is 0. The van der Waals surface area contributed by atoms with Crippen LogP contribution in [0.15, 0.2) is 18.2 Å². The zero-order valence-corrected chi connectivity index (χ0v) is 12.5. The lowest BCUT2D eigenvalue weighted by Crippen LogP contribution is -2.33. The Labute approximate surface area is 124 Å². The van der Waals surface area contributed by atoms with E-state index in [1.165, 1.54) is 6.07 Å². The SMILES string of the molecule is COCCNCC1CCCOC1c1ccc(F)c(Cl)c1. The zero-order valence-electron chi connectivity index (χ0n) is 11.7. The predicted molar refractivity (Wildman–Crippen MR) is 77.6 cm³/mol. The van der Waals surface area contributed by atoms with E-state index in [1.54, 1.807) is 19.2 Å². The largest absolute Gasteiger partial charge is 0.383 e. The van der Waals surface area contributed by atoms with E-state index < -0.39 is 0 Å². The van der Waals surface area contributed by atoms with E-state index in [4.69, 9.17) is 21.1 Å². The Morgan fingerprint density at radius 3 is 3.10 bits per heavy atom. The molecule has 1 N–H and O–H groups in total. The van der Waals surface area contributed by atoms with Crippen molar-refractivity contribution in [2.24, 2.45) is 5.92 Å². The van der Waals surface area contributed by atoms with Crippen LogP contribution in [0.3, 0.4) is 0 Å². The van der Waals surface area contributed by atoms with E-state index in [0.717, 1.165) is 38.1 Å². The van der Waals surface area contributed by atoms with Gasteiger partial charge in [0.15, 0.2) is 0 Å². The topological polar surface area (TPSA) is 30.5 Å². The predicted octanol–water partition coefficient (Wildman–Crippen LogP) is 3.18. The van der Waals surface area contributed by atoms with Gasteiger partial charge in [-0.1, -0.05) is 17.7 Å². The van der Waals surface area contributed by atoms with Crippen LogP contribution in [-0.2, 0) is 9.47 Å². The quantitative estimate of drug-likeness (QED) is 0.819. The smallest absolute Gasteiger partial charge is 0.141 e. The highest BCUT2D eigenvalue weighted by Crippen LogP contribution is 2.34. The molecule has 0 aliphatic carbocycles. The van der Waals surface area contributed by atoms with E-state index in [9.17, 15) is 4.39 Å². The lowest BCUT2D eigenvalue weighted by atomic mass is 9.89. The average Bonchev–Trinajstić information content (AvgIpc) is 2.47. The van der Waals surface area contributed by atoms with Crippen LogP contribution >= 0.6 is 11.6 Å². The fraction of sp³-hybridized carbons (Fsp3) is 0.600. The monoisotopic (exact) mass is 301 g/mol. The molecule has 0 amide bonds. The third-order valence-corrected chi connectivity index (χ3v) is 3.90. The first kappa shape index (κ1) is 15.7. The first-order valence-corrected chi connectivity index (χ1v) is 7.36. The van der Waals surface area contributed by atoms with Crippen molar-refractivity contribution < 1.29 is 13.9 Å². The Bertz CT molecular complexity index is 430. The van der Waals surface area contributed by atoms with Crippen LogP contribution in [0.5, 0.6) is 0 Å². The van der Waals surface area contributed by atoms with Gasteiger partial charge in [0.05, 0.1) is 17.7 Å². The van der Waals surface area contributed by atoms with Crippen LogP contribution in [0, 0.1) is 11.7 Å². The highest BCUT2D eigenvalue weighted by molar-refractivity contribution is 6.30. The van der Waals surface area contributed by atoms with Crippen LogP contribution in [0.1, 0.15) is 24.5 Å². The number of benzene rings is 1. The summed E-state index contributed by atoms with van der Waals surface area (Å²) in [6.45, 7) is 3.13. The zero-order chi connectivity index (χ0) is 14.4. The highest BCUT2D eigenvalue weighted by atomic mass is 35.5. The number of hydrogen-bond acceptors (Lipinski definition) is 3. The van der Waals surface area contributed by atoms with E-state index in [-0.39, 0.29) is 16.9 Å². The van der Waals surface area contributed by atoms with Gasteiger partial charge in [0.25, 0.3) is 0 Å². The maximum absolute atomic E-state index is 13.3. The Balaban J connectivity index is 2.00. The van der Waals surface area contributed by atoms with Gasteiger partial charge in [-0.15, -0.1) is 0 Å². The van der Waals surface area contributed by atoms with Gasteiger partial charge in [-0.05, 0) is 30.5 Å². The van der Waals surface area contributed by atoms with Gasteiger partial charge in [0.2, 0.25) is 0 Å². The summed E-state index contributed by atoms with van der Waals surface area (Å²) >= 11 is 5.86. The van der Waals surface area contributed by atoms with Crippen molar-refractivity contribution in [1.82, 2.24) is 5.32 Å². The Morgan fingerprint density at radius 2 is 2.35 bits per heavy atom. The summed E-state index contributed by atoms with van der Waals surface area (Å²) in [6.07, 6.45) is 2.14. The third-order valence-electron chi connectivity index (χ3n) is 3.61. The van der Waals surface area contributed by atoms with Gasteiger partial charge in [0.1, 0.15) is 5.82 Å². The second-order valence-corrected chi connectivity index (χ2v) is 5.47. The van der Waals surface area contributed by atoms with Gasteiger partial charge >= 0.3 is 0 Å². The molecule has 2 rings (SSSR count). The van der Waals surface area contributed by atoms with Gasteiger partial charge in [-0.3, -0.25) is 0 Å². The number of nitrogens with one attached hydrogen (secondary N) is 1. The minimum absolute atomic E-state index is 0.0168. The van der Waals surface area contributed by atoms with Crippen molar-refractivity contribution in [3.63, 3.8) is 0 Å². The van der Waals surface area contributed by atoms with Crippen molar-refractivity contribution in [1.29, 1.82) is 0 Å². The lowest BCUT2D eigenvalue weighted by molar-refractivity contribution is -0.0280. The van der Waals surface area contributed by atoms with Crippen molar-refractivity contribution in [3.05, 3.63) is 34.6 Å². The van der Waals surface area contributed by atoms with Crippen LogP contribution < -0.4 is 5.32 Å². The lowest BCUT2D eigenvalue weighted by Gasteiger charge is -2.32. The van der Waals surface area contributed by atoms with Crippen molar-refractivity contribution >= 4 is 11.6 Å². The minimum Gasteiger partial charge on any atom is -0.383 e. The molecule has 0 bridgehead atoms. The third kappa shape index (κ3) is 4.16. The standard InChI is InChI=1S/C15H21ClFNO2/c1-19-8-6-18-10-12-3-2-7-20-15(12)11-4-5-14(17)13(16)9-11/h4-5,9,12,15,18H,2-3,6-8,10H2,1H3. The second kappa shape index (κ2) is 7.93. The molecule has 1 aliphatic rings. The summed E-state index contributed by atoms with van der Waals surface area (Å²) in [5.74, 6) is -0.0110. The molecular weight excluding hydrogens is 281 g/mol. The molecule has 0 saturated carbocycles. The van der Waals surface area contributed by atoms with E-state index in [2.05, 4.69) is 5.32 Å². The number of ether oxygens (including phenoxy) is 2. The molecule has 1 aliphatic heterocycles. The number of rotatable bonds is 6. The average molecular weight is 302 g/mol. The van der Waals surface area contributed by atoms with E-state index in [1.807, 2.05) is 0 Å². The number of methoxy groups -OCH3 is 1. The Hall–Kier alpha value is -0.680. The van der Waals surface area contributed by atoms with Crippen molar-refractivity contribution in [2.75, 3.05) is 33.4 Å². The summed E-state index contributed by atoms with van der Waals surface area (Å²) in [5, 5.41) is 3.53. The molecule has 1 aromatic rings. The minimum atomic E-state index is -0.388. The van der Waals surface area contributed by atoms with Crippen LogP contribution in [0.25, 0.3) is 0 Å². The molecule has 2 unspecified atom stereocenters. The van der Waals surface area contributed by atoms with Crippen LogP contribution in [0.2, 0.25) is 5.02 Å². The van der Waals surface area contributed by atoms with Gasteiger partial charge in [0, 0.05) is 32.7 Å². The summed E-state index contributed by atoms with van der Waals surface area (Å²) < 4.78 is 24.1. The van der Waals surface area contributed by atoms with E-state index >= 15 is 0 Å². The maximum Gasteiger partial charge on any atom is 0.141 e. The normalized spacial score (nSPS) is 22.9. The molecule has 0 radical (unpaired) electrons. The molecule has 3 nitrogen and oxygen atoms in total. The number of hydrogen-bond donors (Lipinski definition) is 1. The molecule has 112 valence electrons. The summed E-state index contributed by atoms with van der Waals surface area (Å²) in [5.41, 5.74) is 0.953. The second-order valence-electron chi connectivity index (χ2n) is 5.06. The van der Waals surface area contributed by atoms with Gasteiger partial charge in [-0.2, -0.15) is 0 Å².